The number of hydrogen-bond donors (Lipinski definition) is 0. The zero-order valence-electron chi connectivity index (χ0n) is 11.4. The number of hydrogen-bond acceptors (Lipinski definition) is 2. The van der Waals surface area contributed by atoms with E-state index in [1.54, 1.807) is 6.92 Å². The molecule has 2 heteroatoms. The maximum atomic E-state index is 11.2. The Kier molecular flexibility index (Phi) is 6.20. The zero-order valence-corrected chi connectivity index (χ0v) is 11.4. The molecule has 0 spiro atoms. The highest BCUT2D eigenvalue weighted by molar-refractivity contribution is 5.86. The average molecular weight is 246 g/mol. The molecule has 0 fully saturated rings. The van der Waals surface area contributed by atoms with Crippen LogP contribution in [-0.4, -0.2) is 12.6 Å². The Morgan fingerprint density at radius 1 is 1.17 bits per heavy atom. The predicted molar refractivity (Wildman–Crippen MR) is 74.5 cm³/mol. The minimum absolute atomic E-state index is 0.311. The zero-order chi connectivity index (χ0) is 13.4. The normalized spacial score (nSPS) is 10.1. The summed E-state index contributed by atoms with van der Waals surface area (Å²) in [6, 6.07) is 8.54. The van der Waals surface area contributed by atoms with Gasteiger partial charge in [-0.2, -0.15) is 0 Å². The van der Waals surface area contributed by atoms with Crippen molar-refractivity contribution in [2.75, 3.05) is 6.61 Å². The topological polar surface area (TPSA) is 26.3 Å². The van der Waals surface area contributed by atoms with Crippen molar-refractivity contribution in [3.8, 4) is 0 Å². The molecular formula is C16H22O2. The standard InChI is InChI=1S/C16H22O2/c1-4-5-6-14-7-9-15(10-8-14)11-12-18-16(17)13(2)3/h7-10H,2,4-6,11-12H2,1,3H3. The van der Waals surface area contributed by atoms with E-state index in [1.807, 2.05) is 0 Å². The van der Waals surface area contributed by atoms with Gasteiger partial charge in [0.05, 0.1) is 6.61 Å². The van der Waals surface area contributed by atoms with Gasteiger partial charge in [0, 0.05) is 12.0 Å². The van der Waals surface area contributed by atoms with E-state index in [4.69, 9.17) is 4.74 Å². The molecule has 0 aliphatic carbocycles. The third-order valence-corrected chi connectivity index (χ3v) is 2.81. The van der Waals surface area contributed by atoms with Crippen LogP contribution in [0.5, 0.6) is 0 Å². The first kappa shape index (κ1) is 14.5. The second kappa shape index (κ2) is 7.70. The van der Waals surface area contributed by atoms with Crippen molar-refractivity contribution in [1.29, 1.82) is 0 Å². The van der Waals surface area contributed by atoms with Crippen molar-refractivity contribution >= 4 is 5.97 Å². The summed E-state index contributed by atoms with van der Waals surface area (Å²) < 4.78 is 5.06. The number of esters is 1. The molecule has 0 aliphatic heterocycles. The Balaban J connectivity index is 2.35. The van der Waals surface area contributed by atoms with Gasteiger partial charge in [0.2, 0.25) is 0 Å². The molecule has 0 atom stereocenters. The number of benzene rings is 1. The van der Waals surface area contributed by atoms with E-state index in [0.717, 1.165) is 12.8 Å². The fraction of sp³-hybridized carbons (Fsp3) is 0.438. The molecule has 0 saturated heterocycles. The molecule has 0 amide bonds. The fourth-order valence-corrected chi connectivity index (χ4v) is 1.64. The first-order valence-electron chi connectivity index (χ1n) is 6.54. The molecule has 2 nitrogen and oxygen atoms in total. The lowest BCUT2D eigenvalue weighted by Gasteiger charge is -2.05. The summed E-state index contributed by atoms with van der Waals surface area (Å²) in [6.07, 6.45) is 4.35. The van der Waals surface area contributed by atoms with Crippen LogP contribution in [0.2, 0.25) is 0 Å². The summed E-state index contributed by atoms with van der Waals surface area (Å²) in [5.74, 6) is -0.311. The van der Waals surface area contributed by atoms with Gasteiger partial charge in [0.15, 0.2) is 0 Å². The molecule has 0 unspecified atom stereocenters. The second-order valence-electron chi connectivity index (χ2n) is 4.59. The van der Waals surface area contributed by atoms with E-state index in [9.17, 15) is 4.79 Å². The number of unbranched alkanes of at least 4 members (excludes halogenated alkanes) is 1. The molecule has 0 saturated carbocycles. The van der Waals surface area contributed by atoms with Crippen LogP contribution >= 0.6 is 0 Å². The van der Waals surface area contributed by atoms with Crippen LogP contribution in [0.3, 0.4) is 0 Å². The summed E-state index contributed by atoms with van der Waals surface area (Å²) in [7, 11) is 0. The summed E-state index contributed by atoms with van der Waals surface area (Å²) in [5.41, 5.74) is 3.02. The molecule has 0 heterocycles. The van der Waals surface area contributed by atoms with Crippen molar-refractivity contribution in [1.82, 2.24) is 0 Å². The van der Waals surface area contributed by atoms with E-state index < -0.39 is 0 Å². The smallest absolute Gasteiger partial charge is 0.333 e. The molecule has 0 aromatic heterocycles. The number of rotatable bonds is 7. The maximum absolute atomic E-state index is 11.2. The molecule has 0 bridgehead atoms. The van der Waals surface area contributed by atoms with E-state index in [1.165, 1.54) is 24.0 Å². The summed E-state index contributed by atoms with van der Waals surface area (Å²) >= 11 is 0. The fourth-order valence-electron chi connectivity index (χ4n) is 1.64. The monoisotopic (exact) mass is 246 g/mol. The van der Waals surface area contributed by atoms with Gasteiger partial charge in [-0.25, -0.2) is 4.79 Å². The summed E-state index contributed by atoms with van der Waals surface area (Å²) in [5, 5.41) is 0. The minimum Gasteiger partial charge on any atom is -0.462 e. The largest absolute Gasteiger partial charge is 0.462 e. The number of carbonyl (C=O) groups is 1. The van der Waals surface area contributed by atoms with Crippen LogP contribution in [0.1, 0.15) is 37.8 Å². The van der Waals surface area contributed by atoms with Gasteiger partial charge in [-0.3, -0.25) is 0 Å². The van der Waals surface area contributed by atoms with Crippen molar-refractivity contribution in [3.63, 3.8) is 0 Å². The highest BCUT2D eigenvalue weighted by atomic mass is 16.5. The summed E-state index contributed by atoms with van der Waals surface area (Å²) in [4.78, 5) is 11.2. The Bertz CT molecular complexity index is 390. The van der Waals surface area contributed by atoms with Crippen molar-refractivity contribution < 1.29 is 9.53 Å². The van der Waals surface area contributed by atoms with Crippen molar-refractivity contribution in [2.45, 2.75) is 39.5 Å². The van der Waals surface area contributed by atoms with Crippen LogP contribution in [0.15, 0.2) is 36.4 Å². The maximum Gasteiger partial charge on any atom is 0.333 e. The molecule has 98 valence electrons. The van der Waals surface area contributed by atoms with E-state index >= 15 is 0 Å². The van der Waals surface area contributed by atoms with Gasteiger partial charge in [-0.15, -0.1) is 0 Å². The molecular weight excluding hydrogens is 224 g/mol. The van der Waals surface area contributed by atoms with Gasteiger partial charge in [0.1, 0.15) is 0 Å². The van der Waals surface area contributed by atoms with Crippen LogP contribution in [0, 0.1) is 0 Å². The molecule has 1 rings (SSSR count). The highest BCUT2D eigenvalue weighted by Crippen LogP contribution is 2.08. The minimum atomic E-state index is -0.311. The third kappa shape index (κ3) is 5.17. The lowest BCUT2D eigenvalue weighted by Crippen LogP contribution is -2.08. The van der Waals surface area contributed by atoms with E-state index in [-0.39, 0.29) is 5.97 Å². The van der Waals surface area contributed by atoms with Crippen LogP contribution in [-0.2, 0) is 22.4 Å². The van der Waals surface area contributed by atoms with E-state index in [0.29, 0.717) is 12.2 Å². The molecule has 0 aliphatic rings. The SMILES string of the molecule is C=C(C)C(=O)OCCc1ccc(CCCC)cc1. The number of carbonyl (C=O) groups excluding carboxylic acids is 1. The summed E-state index contributed by atoms with van der Waals surface area (Å²) in [6.45, 7) is 7.82. The van der Waals surface area contributed by atoms with Gasteiger partial charge in [-0.1, -0.05) is 44.2 Å². The lowest BCUT2D eigenvalue weighted by molar-refractivity contribution is -0.138. The average Bonchev–Trinajstić information content (AvgIpc) is 2.37. The van der Waals surface area contributed by atoms with E-state index in [2.05, 4.69) is 37.8 Å². The highest BCUT2D eigenvalue weighted by Gasteiger charge is 2.02. The molecule has 1 aromatic carbocycles. The Hall–Kier alpha value is -1.57. The molecule has 0 N–H and O–H groups in total. The molecule has 18 heavy (non-hydrogen) atoms. The van der Waals surface area contributed by atoms with Gasteiger partial charge in [0.25, 0.3) is 0 Å². The predicted octanol–water partition coefficient (Wildman–Crippen LogP) is 3.69. The van der Waals surface area contributed by atoms with Gasteiger partial charge in [-0.05, 0) is 30.9 Å². The first-order chi connectivity index (χ1) is 8.63. The van der Waals surface area contributed by atoms with Gasteiger partial charge < -0.3 is 4.74 Å². The second-order valence-corrected chi connectivity index (χ2v) is 4.59. The third-order valence-electron chi connectivity index (χ3n) is 2.81. The van der Waals surface area contributed by atoms with Gasteiger partial charge >= 0.3 is 5.97 Å². The number of ether oxygens (including phenoxy) is 1. The lowest BCUT2D eigenvalue weighted by atomic mass is 10.1. The van der Waals surface area contributed by atoms with Crippen LogP contribution in [0.25, 0.3) is 0 Å². The molecule has 1 aromatic rings. The Labute approximate surface area is 110 Å². The number of aryl methyl sites for hydroxylation is 1. The van der Waals surface area contributed by atoms with Crippen LogP contribution < -0.4 is 0 Å². The van der Waals surface area contributed by atoms with Crippen molar-refractivity contribution in [2.24, 2.45) is 0 Å². The Morgan fingerprint density at radius 2 is 1.72 bits per heavy atom. The first-order valence-corrected chi connectivity index (χ1v) is 6.54. The van der Waals surface area contributed by atoms with Crippen LogP contribution in [0.4, 0.5) is 0 Å². The quantitative estimate of drug-likeness (QED) is 0.542. The Morgan fingerprint density at radius 3 is 2.22 bits per heavy atom. The molecule has 0 radical (unpaired) electrons. The van der Waals surface area contributed by atoms with Crippen molar-refractivity contribution in [3.05, 3.63) is 47.5 Å².